The van der Waals surface area contributed by atoms with Crippen molar-refractivity contribution in [2.45, 2.75) is 76.2 Å². The fourth-order valence-corrected chi connectivity index (χ4v) is 5.08. The van der Waals surface area contributed by atoms with Gasteiger partial charge in [-0.3, -0.25) is 4.79 Å². The Labute approximate surface area is 206 Å². The van der Waals surface area contributed by atoms with Crippen LogP contribution in [0.25, 0.3) is 0 Å². The number of fused-ring (bicyclic) bond motifs is 5. The summed E-state index contributed by atoms with van der Waals surface area (Å²) in [6, 6.07) is 3.89. The first-order valence-electron chi connectivity index (χ1n) is 11.8. The van der Waals surface area contributed by atoms with Gasteiger partial charge in [-0.15, -0.1) is 0 Å². The van der Waals surface area contributed by atoms with Gasteiger partial charge in [0, 0.05) is 32.4 Å². The summed E-state index contributed by atoms with van der Waals surface area (Å²) in [4.78, 5) is 26.7. The van der Waals surface area contributed by atoms with Gasteiger partial charge in [-0.25, -0.2) is 4.79 Å². The molecule has 1 aromatic rings. The standard InChI is InChI=1S/C26H33ClN2O5/c1-16-7-5-6-8-18-14-19(33-25(31)28-18)15-22-26(2,34-22)10-9-23(30)29(3)20-12-17(11-16)13-21(32-4)24(20)27/h5-7,12-13,18-19,22H,8-11,14-15H2,1-4H3,(H,28,31)/b6-5+,16-7+/t18-,19-,22-,26-/m0/s1. The van der Waals surface area contributed by atoms with Gasteiger partial charge in [-0.2, -0.15) is 0 Å². The summed E-state index contributed by atoms with van der Waals surface area (Å²) in [6.45, 7) is 4.07. The number of hydrogen-bond donors (Lipinski definition) is 1. The second-order valence-corrected chi connectivity index (χ2v) is 10.1. The molecule has 2 fully saturated rings. The monoisotopic (exact) mass is 488 g/mol. The minimum Gasteiger partial charge on any atom is -0.495 e. The maximum atomic E-state index is 13.1. The summed E-state index contributed by atoms with van der Waals surface area (Å²) in [6.07, 6.45) is 9.26. The smallest absolute Gasteiger partial charge is 0.407 e. The first-order valence-corrected chi connectivity index (χ1v) is 12.2. The Hall–Kier alpha value is -2.51. The molecule has 4 atom stereocenters. The summed E-state index contributed by atoms with van der Waals surface area (Å²) in [5.74, 6) is 0.502. The van der Waals surface area contributed by atoms with Crippen molar-refractivity contribution in [2.75, 3.05) is 19.1 Å². The molecule has 184 valence electrons. The molecule has 4 rings (SSSR count). The number of halogens is 1. The van der Waals surface area contributed by atoms with E-state index in [0.29, 0.717) is 42.1 Å². The molecule has 3 heterocycles. The molecule has 0 saturated carbocycles. The average molecular weight is 489 g/mol. The lowest BCUT2D eigenvalue weighted by molar-refractivity contribution is -0.118. The van der Waals surface area contributed by atoms with Crippen molar-refractivity contribution in [3.05, 3.63) is 46.5 Å². The highest BCUT2D eigenvalue weighted by Crippen LogP contribution is 2.44. The maximum Gasteiger partial charge on any atom is 0.407 e. The van der Waals surface area contributed by atoms with E-state index >= 15 is 0 Å². The van der Waals surface area contributed by atoms with Crippen molar-refractivity contribution in [3.63, 3.8) is 0 Å². The normalized spacial score (nSPS) is 32.6. The number of hydrogen-bond acceptors (Lipinski definition) is 5. The highest BCUT2D eigenvalue weighted by atomic mass is 35.5. The molecule has 1 N–H and O–H groups in total. The quantitative estimate of drug-likeness (QED) is 0.565. The van der Waals surface area contributed by atoms with Crippen LogP contribution in [0.5, 0.6) is 5.75 Å². The van der Waals surface area contributed by atoms with Crippen molar-refractivity contribution < 1.29 is 23.8 Å². The van der Waals surface area contributed by atoms with Crippen LogP contribution in [0, 0.1) is 0 Å². The summed E-state index contributed by atoms with van der Waals surface area (Å²) in [7, 11) is 3.32. The molecular formula is C26H33ClN2O5. The Balaban J connectivity index is 1.61. The number of epoxide rings is 1. The van der Waals surface area contributed by atoms with Crippen LogP contribution in [-0.2, 0) is 20.7 Å². The molecule has 0 aromatic heterocycles. The Morgan fingerprint density at radius 1 is 1.26 bits per heavy atom. The van der Waals surface area contributed by atoms with E-state index in [-0.39, 0.29) is 30.3 Å². The zero-order valence-electron chi connectivity index (χ0n) is 20.2. The summed E-state index contributed by atoms with van der Waals surface area (Å²) < 4.78 is 17.0. The molecule has 34 heavy (non-hydrogen) atoms. The molecule has 0 radical (unpaired) electrons. The largest absolute Gasteiger partial charge is 0.495 e. The lowest BCUT2D eigenvalue weighted by Gasteiger charge is -2.29. The van der Waals surface area contributed by atoms with Crippen LogP contribution < -0.4 is 15.0 Å². The van der Waals surface area contributed by atoms with Gasteiger partial charge in [-0.1, -0.05) is 35.4 Å². The first kappa shape index (κ1) is 24.6. The van der Waals surface area contributed by atoms with Crippen molar-refractivity contribution in [2.24, 2.45) is 0 Å². The fourth-order valence-electron chi connectivity index (χ4n) is 4.77. The third-order valence-electron chi connectivity index (χ3n) is 6.95. The van der Waals surface area contributed by atoms with Crippen LogP contribution in [0.1, 0.15) is 51.5 Å². The Morgan fingerprint density at radius 3 is 2.82 bits per heavy atom. The van der Waals surface area contributed by atoms with Gasteiger partial charge in [0.05, 0.1) is 24.5 Å². The van der Waals surface area contributed by atoms with Crippen LogP contribution in [0.3, 0.4) is 0 Å². The molecule has 8 heteroatoms. The molecular weight excluding hydrogens is 456 g/mol. The van der Waals surface area contributed by atoms with Crippen LogP contribution in [0.15, 0.2) is 35.9 Å². The van der Waals surface area contributed by atoms with Crippen LogP contribution in [0.2, 0.25) is 5.02 Å². The number of rotatable bonds is 1. The zero-order valence-corrected chi connectivity index (χ0v) is 21.0. The molecule has 7 nitrogen and oxygen atoms in total. The number of carbonyl (C=O) groups is 2. The van der Waals surface area contributed by atoms with Crippen molar-refractivity contribution in [1.82, 2.24) is 5.32 Å². The Morgan fingerprint density at radius 2 is 2.06 bits per heavy atom. The topological polar surface area (TPSA) is 80.4 Å². The average Bonchev–Trinajstić information content (AvgIpc) is 3.43. The summed E-state index contributed by atoms with van der Waals surface area (Å²) in [5.41, 5.74) is 2.40. The van der Waals surface area contributed by atoms with Crippen LogP contribution in [-0.4, -0.2) is 50.0 Å². The third kappa shape index (κ3) is 5.58. The number of nitrogens with zero attached hydrogens (tertiary/aromatic N) is 1. The minimum atomic E-state index is -0.392. The summed E-state index contributed by atoms with van der Waals surface area (Å²) >= 11 is 6.58. The van der Waals surface area contributed by atoms with Gasteiger partial charge in [0.15, 0.2) is 0 Å². The van der Waals surface area contributed by atoms with Gasteiger partial charge in [0.2, 0.25) is 5.91 Å². The van der Waals surface area contributed by atoms with E-state index in [4.69, 9.17) is 25.8 Å². The molecule has 2 amide bonds. The predicted molar refractivity (Wildman–Crippen MR) is 132 cm³/mol. The lowest BCUT2D eigenvalue weighted by Crippen LogP contribution is -2.45. The molecule has 3 aliphatic heterocycles. The van der Waals surface area contributed by atoms with E-state index in [1.54, 1.807) is 19.1 Å². The number of methoxy groups -OCH3 is 1. The molecule has 0 spiro atoms. The lowest BCUT2D eigenvalue weighted by atomic mass is 9.94. The third-order valence-corrected chi connectivity index (χ3v) is 7.33. The molecule has 3 aliphatic rings. The van der Waals surface area contributed by atoms with Crippen molar-refractivity contribution >= 4 is 29.3 Å². The highest BCUT2D eigenvalue weighted by molar-refractivity contribution is 6.35. The van der Waals surface area contributed by atoms with E-state index in [1.165, 1.54) is 0 Å². The van der Waals surface area contributed by atoms with E-state index in [9.17, 15) is 9.59 Å². The van der Waals surface area contributed by atoms with Gasteiger partial charge in [0.25, 0.3) is 0 Å². The van der Waals surface area contributed by atoms with Crippen molar-refractivity contribution in [3.8, 4) is 5.75 Å². The number of amides is 2. The molecule has 4 bridgehead atoms. The van der Waals surface area contributed by atoms with Crippen LogP contribution >= 0.6 is 11.6 Å². The number of anilines is 1. The Bertz CT molecular complexity index is 1020. The Kier molecular flexibility index (Phi) is 7.24. The molecule has 0 aliphatic carbocycles. The number of benzene rings is 1. The highest BCUT2D eigenvalue weighted by Gasteiger charge is 2.53. The van der Waals surface area contributed by atoms with E-state index in [0.717, 1.165) is 24.0 Å². The maximum absolute atomic E-state index is 13.1. The molecule has 0 unspecified atom stereocenters. The molecule has 1 aromatic carbocycles. The van der Waals surface area contributed by atoms with E-state index in [1.807, 2.05) is 25.1 Å². The second-order valence-electron chi connectivity index (χ2n) is 9.70. The number of ether oxygens (including phenoxy) is 3. The van der Waals surface area contributed by atoms with E-state index in [2.05, 4.69) is 24.4 Å². The number of carbonyl (C=O) groups excluding carboxylic acids is 2. The SMILES string of the molecule is COc1cc2cc(c1Cl)N(C)C(=O)CC[C@]1(C)O[C@H]1C[C@@H]1C[C@H](C/C=C/C=C(\C)C2)NC(=O)O1. The number of nitrogens with one attached hydrogen (secondary N) is 1. The van der Waals surface area contributed by atoms with Gasteiger partial charge < -0.3 is 24.4 Å². The van der Waals surface area contributed by atoms with Gasteiger partial charge in [-0.05, 0) is 50.8 Å². The molecule has 2 saturated heterocycles. The summed E-state index contributed by atoms with van der Waals surface area (Å²) in [5, 5.41) is 3.33. The first-order chi connectivity index (χ1) is 16.2. The predicted octanol–water partition coefficient (Wildman–Crippen LogP) is 4.96. The van der Waals surface area contributed by atoms with E-state index < -0.39 is 5.60 Å². The van der Waals surface area contributed by atoms with Gasteiger partial charge >= 0.3 is 6.09 Å². The number of allylic oxidation sites excluding steroid dienone is 3. The fraction of sp³-hybridized carbons (Fsp3) is 0.538. The van der Waals surface area contributed by atoms with Crippen LogP contribution in [0.4, 0.5) is 10.5 Å². The van der Waals surface area contributed by atoms with Gasteiger partial charge in [0.1, 0.15) is 16.9 Å². The number of alkyl carbamates (subject to hydrolysis) is 1. The second kappa shape index (κ2) is 10.0. The minimum absolute atomic E-state index is 0.0293. The zero-order chi connectivity index (χ0) is 24.5. The van der Waals surface area contributed by atoms with Crippen molar-refractivity contribution in [1.29, 1.82) is 0 Å².